The molecule has 1 aliphatic heterocycles. The number of rotatable bonds is 10. The summed E-state index contributed by atoms with van der Waals surface area (Å²) in [6.07, 6.45) is 2.27. The van der Waals surface area contributed by atoms with Crippen molar-refractivity contribution < 1.29 is 28.6 Å². The van der Waals surface area contributed by atoms with Gasteiger partial charge in [-0.2, -0.15) is 0 Å². The highest BCUT2D eigenvalue weighted by Gasteiger charge is 2.37. The predicted octanol–water partition coefficient (Wildman–Crippen LogP) is 6.38. The van der Waals surface area contributed by atoms with Crippen LogP contribution in [-0.4, -0.2) is 31.1 Å². The van der Waals surface area contributed by atoms with Crippen LogP contribution in [0.15, 0.2) is 66.2 Å². The standard InChI is InChI=1S/C29H26ClIN2O6/c1-3-13-38-26-24(31)15-19(16-25(26)37-4-2)14-23-27(34)32-29(36)33(28(23)35)21-9-11-22(12-10-21)39-17-18-5-7-20(30)8-6-18/h5-12,14-16H,3-4,13,17H2,1-2H3,(H,32,34,36)/b23-14+. The van der Waals surface area contributed by atoms with Crippen LogP contribution in [0.4, 0.5) is 10.5 Å². The van der Waals surface area contributed by atoms with E-state index >= 15 is 0 Å². The minimum atomic E-state index is -0.829. The molecule has 0 unspecified atom stereocenters. The van der Waals surface area contributed by atoms with Crippen LogP contribution in [0.3, 0.4) is 0 Å². The molecule has 10 heteroatoms. The van der Waals surface area contributed by atoms with Crippen LogP contribution in [0.1, 0.15) is 31.4 Å². The summed E-state index contributed by atoms with van der Waals surface area (Å²) in [5, 5.41) is 2.89. The molecule has 1 N–H and O–H groups in total. The average Bonchev–Trinajstić information content (AvgIpc) is 2.91. The Kier molecular flexibility index (Phi) is 9.47. The van der Waals surface area contributed by atoms with Crippen LogP contribution in [0, 0.1) is 3.57 Å². The van der Waals surface area contributed by atoms with Crippen LogP contribution < -0.4 is 24.4 Å². The number of amides is 4. The van der Waals surface area contributed by atoms with E-state index in [1.807, 2.05) is 26.0 Å². The molecule has 0 radical (unpaired) electrons. The van der Waals surface area contributed by atoms with Gasteiger partial charge in [0.1, 0.15) is 17.9 Å². The summed E-state index contributed by atoms with van der Waals surface area (Å²) < 4.78 is 18.1. The van der Waals surface area contributed by atoms with Crippen molar-refractivity contribution in [2.75, 3.05) is 18.1 Å². The third kappa shape index (κ3) is 6.90. The summed E-state index contributed by atoms with van der Waals surface area (Å²) in [6, 6.07) is 16.4. The fourth-order valence-electron chi connectivity index (χ4n) is 3.78. The second kappa shape index (κ2) is 13.0. The molecule has 0 saturated carbocycles. The van der Waals surface area contributed by atoms with Gasteiger partial charge in [-0.15, -0.1) is 0 Å². The number of nitrogens with one attached hydrogen (secondary N) is 1. The van der Waals surface area contributed by atoms with Crippen molar-refractivity contribution in [3.8, 4) is 17.2 Å². The van der Waals surface area contributed by atoms with Crippen molar-refractivity contribution in [1.29, 1.82) is 0 Å². The summed E-state index contributed by atoms with van der Waals surface area (Å²) in [6.45, 7) is 5.14. The largest absolute Gasteiger partial charge is 0.490 e. The lowest BCUT2D eigenvalue weighted by Crippen LogP contribution is -2.54. The molecule has 1 heterocycles. The Balaban J connectivity index is 1.56. The van der Waals surface area contributed by atoms with Gasteiger partial charge in [0.2, 0.25) is 0 Å². The van der Waals surface area contributed by atoms with E-state index in [4.69, 9.17) is 25.8 Å². The lowest BCUT2D eigenvalue weighted by molar-refractivity contribution is -0.122. The van der Waals surface area contributed by atoms with E-state index in [9.17, 15) is 14.4 Å². The quantitative estimate of drug-likeness (QED) is 0.154. The summed E-state index contributed by atoms with van der Waals surface area (Å²) >= 11 is 8.04. The summed E-state index contributed by atoms with van der Waals surface area (Å²) in [4.78, 5) is 39.6. The van der Waals surface area contributed by atoms with Gasteiger partial charge in [0.05, 0.1) is 22.5 Å². The maximum Gasteiger partial charge on any atom is 0.335 e. The maximum atomic E-state index is 13.4. The summed E-state index contributed by atoms with van der Waals surface area (Å²) in [5.74, 6) is 0.154. The van der Waals surface area contributed by atoms with E-state index in [1.165, 1.54) is 6.08 Å². The van der Waals surface area contributed by atoms with Gasteiger partial charge in [-0.3, -0.25) is 14.9 Å². The Labute approximate surface area is 245 Å². The molecular formula is C29H26ClIN2O6. The molecule has 39 heavy (non-hydrogen) atoms. The number of hydrogen-bond donors (Lipinski definition) is 1. The number of carbonyl (C=O) groups is 3. The Morgan fingerprint density at radius 3 is 2.33 bits per heavy atom. The fourth-order valence-corrected chi connectivity index (χ4v) is 4.68. The van der Waals surface area contributed by atoms with Crippen LogP contribution in [0.25, 0.3) is 6.08 Å². The van der Waals surface area contributed by atoms with Gasteiger partial charge in [0.15, 0.2) is 11.5 Å². The normalized spacial score (nSPS) is 14.4. The highest BCUT2D eigenvalue weighted by molar-refractivity contribution is 14.1. The Hall–Kier alpha value is -3.57. The van der Waals surface area contributed by atoms with E-state index in [1.54, 1.807) is 48.5 Å². The number of ether oxygens (including phenoxy) is 3. The lowest BCUT2D eigenvalue weighted by Gasteiger charge is -2.26. The number of carbonyl (C=O) groups excluding carboxylic acids is 3. The maximum absolute atomic E-state index is 13.4. The molecule has 3 aromatic rings. The third-order valence-electron chi connectivity index (χ3n) is 5.61. The van der Waals surface area contributed by atoms with Crippen molar-refractivity contribution in [2.24, 2.45) is 0 Å². The molecule has 0 bridgehead atoms. The first-order valence-corrected chi connectivity index (χ1v) is 13.7. The van der Waals surface area contributed by atoms with Crippen LogP contribution >= 0.6 is 34.2 Å². The molecule has 3 aromatic carbocycles. The molecule has 1 aliphatic rings. The van der Waals surface area contributed by atoms with E-state index < -0.39 is 17.8 Å². The number of hydrogen-bond acceptors (Lipinski definition) is 6. The van der Waals surface area contributed by atoms with E-state index in [0.29, 0.717) is 53.3 Å². The van der Waals surface area contributed by atoms with Gasteiger partial charge >= 0.3 is 6.03 Å². The molecule has 0 atom stereocenters. The van der Waals surface area contributed by atoms with Gasteiger partial charge in [-0.05, 0) is 102 Å². The first-order chi connectivity index (χ1) is 18.8. The number of halogens is 2. The number of nitrogens with zero attached hydrogens (tertiary/aromatic N) is 1. The monoisotopic (exact) mass is 660 g/mol. The number of anilines is 1. The fraction of sp³-hybridized carbons (Fsp3) is 0.207. The molecule has 0 aliphatic carbocycles. The summed E-state index contributed by atoms with van der Waals surface area (Å²) in [7, 11) is 0. The zero-order valence-electron chi connectivity index (χ0n) is 21.3. The Bertz CT molecular complexity index is 1410. The van der Waals surface area contributed by atoms with Gasteiger partial charge < -0.3 is 14.2 Å². The first kappa shape index (κ1) is 28.4. The van der Waals surface area contributed by atoms with E-state index in [2.05, 4.69) is 27.9 Å². The highest BCUT2D eigenvalue weighted by atomic mass is 127. The highest BCUT2D eigenvalue weighted by Crippen LogP contribution is 2.35. The van der Waals surface area contributed by atoms with Crippen molar-refractivity contribution in [1.82, 2.24) is 5.32 Å². The summed E-state index contributed by atoms with van der Waals surface area (Å²) in [5.41, 5.74) is 1.61. The molecule has 4 rings (SSSR count). The van der Waals surface area contributed by atoms with Crippen molar-refractivity contribution in [2.45, 2.75) is 26.9 Å². The van der Waals surface area contributed by atoms with Crippen molar-refractivity contribution in [3.05, 3.63) is 86.0 Å². The second-order valence-electron chi connectivity index (χ2n) is 8.48. The van der Waals surface area contributed by atoms with E-state index in [-0.39, 0.29) is 5.57 Å². The topological polar surface area (TPSA) is 94.2 Å². The molecule has 8 nitrogen and oxygen atoms in total. The van der Waals surface area contributed by atoms with Gasteiger partial charge in [-0.25, -0.2) is 9.69 Å². The molecular weight excluding hydrogens is 635 g/mol. The SMILES string of the molecule is CCCOc1c(I)cc(/C=C2\C(=O)NC(=O)N(c3ccc(OCc4ccc(Cl)cc4)cc3)C2=O)cc1OCC. The molecule has 4 amide bonds. The number of benzene rings is 3. The zero-order valence-corrected chi connectivity index (χ0v) is 24.2. The third-order valence-corrected chi connectivity index (χ3v) is 6.66. The van der Waals surface area contributed by atoms with Crippen molar-refractivity contribution >= 4 is 63.8 Å². The number of urea groups is 1. The molecule has 0 aromatic heterocycles. The van der Waals surface area contributed by atoms with Gasteiger partial charge in [0, 0.05) is 5.02 Å². The second-order valence-corrected chi connectivity index (χ2v) is 10.1. The first-order valence-electron chi connectivity index (χ1n) is 12.3. The molecule has 202 valence electrons. The molecule has 0 spiro atoms. The van der Waals surface area contributed by atoms with Crippen LogP contribution in [0.2, 0.25) is 5.02 Å². The minimum absolute atomic E-state index is 0.182. The zero-order chi connectivity index (χ0) is 27.9. The van der Waals surface area contributed by atoms with Crippen LogP contribution in [0.5, 0.6) is 17.2 Å². The average molecular weight is 661 g/mol. The smallest absolute Gasteiger partial charge is 0.335 e. The van der Waals surface area contributed by atoms with Crippen LogP contribution in [-0.2, 0) is 16.2 Å². The van der Waals surface area contributed by atoms with E-state index in [0.717, 1.165) is 20.5 Å². The lowest BCUT2D eigenvalue weighted by atomic mass is 10.1. The minimum Gasteiger partial charge on any atom is -0.490 e. The van der Waals surface area contributed by atoms with Crippen molar-refractivity contribution in [3.63, 3.8) is 0 Å². The van der Waals surface area contributed by atoms with Gasteiger partial charge in [0.25, 0.3) is 11.8 Å². The Morgan fingerprint density at radius 1 is 0.949 bits per heavy atom. The molecule has 1 saturated heterocycles. The number of barbiturate groups is 1. The molecule has 1 fully saturated rings. The Morgan fingerprint density at radius 2 is 1.67 bits per heavy atom. The number of imide groups is 2. The predicted molar refractivity (Wildman–Crippen MR) is 157 cm³/mol. The van der Waals surface area contributed by atoms with Gasteiger partial charge in [-0.1, -0.05) is 30.7 Å².